The molecule has 0 aliphatic heterocycles. The minimum atomic E-state index is -0.557. The number of esters is 2. The Morgan fingerprint density at radius 1 is 1.00 bits per heavy atom. The number of anilines is 3. The van der Waals surface area contributed by atoms with E-state index in [-0.39, 0.29) is 19.6 Å². The first kappa shape index (κ1) is 32.1. The first-order valence-electron chi connectivity index (χ1n) is 14.2. The lowest BCUT2D eigenvalue weighted by Gasteiger charge is -2.33. The van der Waals surface area contributed by atoms with Gasteiger partial charge in [0.2, 0.25) is 0 Å². The summed E-state index contributed by atoms with van der Waals surface area (Å²) >= 11 is 16.1. The maximum atomic E-state index is 12.9. The van der Waals surface area contributed by atoms with Gasteiger partial charge in [-0.3, -0.25) is 9.69 Å². The van der Waals surface area contributed by atoms with Crippen LogP contribution in [0.2, 0.25) is 10.0 Å². The molecule has 0 radical (unpaired) electrons. The van der Waals surface area contributed by atoms with Crippen LogP contribution >= 0.6 is 39.1 Å². The zero-order valence-corrected chi connectivity index (χ0v) is 26.7. The van der Waals surface area contributed by atoms with Crippen LogP contribution in [0.15, 0.2) is 59.1 Å². The number of nitrogens with one attached hydrogen (secondary N) is 1. The molecule has 0 bridgehead atoms. The number of carbonyl (C=O) groups excluding carboxylic acids is 2. The fourth-order valence-corrected chi connectivity index (χ4v) is 6.24. The van der Waals surface area contributed by atoms with Crippen molar-refractivity contribution in [3.05, 3.63) is 85.8 Å². The van der Waals surface area contributed by atoms with Gasteiger partial charge in [-0.25, -0.2) is 4.79 Å². The van der Waals surface area contributed by atoms with E-state index in [4.69, 9.17) is 38.4 Å². The van der Waals surface area contributed by atoms with Gasteiger partial charge in [-0.05, 0) is 76.8 Å². The summed E-state index contributed by atoms with van der Waals surface area (Å²) in [5.74, 6) is -1.02. The molecule has 4 rings (SSSR count). The maximum absolute atomic E-state index is 12.9. The quantitative estimate of drug-likeness (QED) is 0.114. The lowest BCUT2D eigenvalue weighted by Crippen LogP contribution is -2.36. The highest BCUT2D eigenvalue weighted by Gasteiger charge is 2.22. The second-order valence-corrected chi connectivity index (χ2v) is 12.0. The number of halogens is 3. The fraction of sp³-hybridized carbons (Fsp3) is 0.375. The lowest BCUT2D eigenvalue weighted by atomic mass is 9.93. The summed E-state index contributed by atoms with van der Waals surface area (Å²) in [6.07, 6.45) is 6.24. The Hall–Kier alpha value is -2.78. The minimum absolute atomic E-state index is 0.00997. The van der Waals surface area contributed by atoms with Crippen molar-refractivity contribution < 1.29 is 19.1 Å². The Balaban J connectivity index is 1.30. The van der Waals surface area contributed by atoms with Crippen LogP contribution in [0.4, 0.5) is 17.1 Å². The van der Waals surface area contributed by atoms with Gasteiger partial charge in [0.25, 0.3) is 0 Å². The van der Waals surface area contributed by atoms with Crippen LogP contribution in [-0.2, 0) is 27.2 Å². The Morgan fingerprint density at radius 2 is 1.69 bits per heavy atom. The summed E-state index contributed by atoms with van der Waals surface area (Å²) in [4.78, 5) is 28.0. The van der Waals surface area contributed by atoms with Crippen molar-refractivity contribution in [2.75, 3.05) is 30.8 Å². The van der Waals surface area contributed by atoms with E-state index < -0.39 is 11.9 Å². The van der Waals surface area contributed by atoms with Crippen LogP contribution in [0.1, 0.15) is 60.5 Å². The van der Waals surface area contributed by atoms with Crippen LogP contribution < -0.4 is 11.1 Å². The van der Waals surface area contributed by atoms with Gasteiger partial charge in [0.05, 0.1) is 33.4 Å². The lowest BCUT2D eigenvalue weighted by molar-refractivity contribution is -0.143. The summed E-state index contributed by atoms with van der Waals surface area (Å²) in [7, 11) is 0. The monoisotopic (exact) mass is 675 g/mol. The molecule has 42 heavy (non-hydrogen) atoms. The van der Waals surface area contributed by atoms with Crippen molar-refractivity contribution in [3.8, 4) is 0 Å². The number of hydrogen-bond donors (Lipinski definition) is 2. The molecule has 224 valence electrons. The molecule has 0 unspecified atom stereocenters. The Bertz CT molecular complexity index is 1380. The molecule has 0 saturated heterocycles. The van der Waals surface area contributed by atoms with E-state index in [0.717, 1.165) is 18.7 Å². The van der Waals surface area contributed by atoms with Crippen molar-refractivity contribution in [3.63, 3.8) is 0 Å². The van der Waals surface area contributed by atoms with Gasteiger partial charge < -0.3 is 20.5 Å². The van der Waals surface area contributed by atoms with Gasteiger partial charge in [0.1, 0.15) is 13.2 Å². The molecule has 3 aromatic carbocycles. The SMILES string of the molecule is CCN(Cc1cc(Br)c(N)c(C(=O)OCCOC(=O)Cc2ccccc2Nc2c(Cl)cccc2Cl)c1)C1CCCCC1. The molecule has 1 aliphatic rings. The Labute approximate surface area is 265 Å². The van der Waals surface area contributed by atoms with E-state index in [1.807, 2.05) is 30.3 Å². The Kier molecular flexibility index (Phi) is 12.0. The van der Waals surface area contributed by atoms with E-state index in [2.05, 4.69) is 33.1 Å². The largest absolute Gasteiger partial charge is 0.462 e. The topological polar surface area (TPSA) is 93.9 Å². The van der Waals surface area contributed by atoms with Gasteiger partial charge in [-0.15, -0.1) is 0 Å². The number of hydrogen-bond acceptors (Lipinski definition) is 7. The third-order valence-electron chi connectivity index (χ3n) is 7.45. The smallest absolute Gasteiger partial charge is 0.340 e. The highest BCUT2D eigenvalue weighted by Crippen LogP contribution is 2.34. The molecule has 1 saturated carbocycles. The number of nitrogens with zero attached hydrogens (tertiary/aromatic N) is 1. The van der Waals surface area contributed by atoms with Gasteiger partial charge in [-0.2, -0.15) is 0 Å². The normalized spacial score (nSPS) is 13.6. The van der Waals surface area contributed by atoms with Crippen molar-refractivity contribution >= 4 is 68.1 Å². The number of rotatable bonds is 12. The van der Waals surface area contributed by atoms with Gasteiger partial charge in [0.15, 0.2) is 0 Å². The van der Waals surface area contributed by atoms with Crippen LogP contribution in [0.3, 0.4) is 0 Å². The number of ether oxygens (including phenoxy) is 2. The third-order valence-corrected chi connectivity index (χ3v) is 8.73. The summed E-state index contributed by atoms with van der Waals surface area (Å²) in [5.41, 5.74) is 9.77. The van der Waals surface area contributed by atoms with Crippen molar-refractivity contribution in [2.45, 2.75) is 58.0 Å². The van der Waals surface area contributed by atoms with Crippen molar-refractivity contribution in [1.29, 1.82) is 0 Å². The average Bonchev–Trinajstić information content (AvgIpc) is 2.98. The molecule has 0 aromatic heterocycles. The minimum Gasteiger partial charge on any atom is -0.462 e. The van der Waals surface area contributed by atoms with Crippen LogP contribution in [-0.4, -0.2) is 42.6 Å². The molecule has 10 heteroatoms. The number of nitrogens with two attached hydrogens (primary N) is 1. The zero-order chi connectivity index (χ0) is 30.1. The molecular formula is C32H36BrCl2N3O4. The van der Waals surface area contributed by atoms with Crippen LogP contribution in [0.25, 0.3) is 0 Å². The number of nitrogen functional groups attached to an aromatic ring is 1. The average molecular weight is 677 g/mol. The van der Waals surface area contributed by atoms with E-state index in [9.17, 15) is 9.59 Å². The number of benzene rings is 3. The van der Waals surface area contributed by atoms with E-state index in [1.54, 1.807) is 24.3 Å². The second kappa shape index (κ2) is 15.6. The molecule has 1 fully saturated rings. The first-order valence-corrected chi connectivity index (χ1v) is 15.7. The van der Waals surface area contributed by atoms with Gasteiger partial charge in [0, 0.05) is 22.7 Å². The second-order valence-electron chi connectivity index (χ2n) is 10.3. The molecule has 3 N–H and O–H groups in total. The molecular weight excluding hydrogens is 641 g/mol. The molecule has 0 atom stereocenters. The maximum Gasteiger partial charge on any atom is 0.340 e. The molecule has 0 heterocycles. The van der Waals surface area contributed by atoms with E-state index in [0.29, 0.717) is 48.7 Å². The molecule has 3 aromatic rings. The standard InChI is InChI=1S/C32H36BrCl2N3O4/c1-2-38(23-10-4-3-5-11-23)20-21-17-24(30(36)25(33)18-21)32(40)42-16-15-41-29(39)19-22-9-6-7-14-28(22)37-31-26(34)12-8-13-27(31)35/h6-9,12-14,17-18,23,37H,2-5,10-11,15-16,19-20,36H2,1H3. The summed E-state index contributed by atoms with van der Waals surface area (Å²) in [6.45, 7) is 3.66. The zero-order valence-electron chi connectivity index (χ0n) is 23.6. The number of para-hydroxylation sites is 2. The first-order chi connectivity index (χ1) is 20.3. The molecule has 7 nitrogen and oxygen atoms in total. The predicted molar refractivity (Wildman–Crippen MR) is 173 cm³/mol. The predicted octanol–water partition coefficient (Wildman–Crippen LogP) is 8.18. The Morgan fingerprint density at radius 3 is 2.40 bits per heavy atom. The highest BCUT2D eigenvalue weighted by atomic mass is 79.9. The van der Waals surface area contributed by atoms with Crippen molar-refractivity contribution in [1.82, 2.24) is 4.90 Å². The summed E-state index contributed by atoms with van der Waals surface area (Å²) in [6, 6.07) is 16.9. The number of carbonyl (C=O) groups is 2. The highest BCUT2D eigenvalue weighted by molar-refractivity contribution is 9.10. The summed E-state index contributed by atoms with van der Waals surface area (Å²) in [5, 5.41) is 4.13. The van der Waals surface area contributed by atoms with Crippen LogP contribution in [0, 0.1) is 0 Å². The van der Waals surface area contributed by atoms with Crippen molar-refractivity contribution in [2.24, 2.45) is 0 Å². The van der Waals surface area contributed by atoms with Gasteiger partial charge in [-0.1, -0.05) is 73.7 Å². The van der Waals surface area contributed by atoms with E-state index >= 15 is 0 Å². The molecule has 0 spiro atoms. The van der Waals surface area contributed by atoms with Gasteiger partial charge >= 0.3 is 11.9 Å². The molecule has 1 aliphatic carbocycles. The summed E-state index contributed by atoms with van der Waals surface area (Å²) < 4.78 is 11.4. The fourth-order valence-electron chi connectivity index (χ4n) is 5.24. The van der Waals surface area contributed by atoms with Crippen LogP contribution in [0.5, 0.6) is 0 Å². The van der Waals surface area contributed by atoms with E-state index in [1.165, 1.54) is 32.1 Å². The molecule has 0 amide bonds. The third kappa shape index (κ3) is 8.63.